The molecule has 1 amide bonds. The number of pyridine rings is 1. The summed E-state index contributed by atoms with van der Waals surface area (Å²) in [6.07, 6.45) is -12.5. The molecule has 0 aliphatic heterocycles. The molecule has 3 rings (SSSR count). The van der Waals surface area contributed by atoms with Crippen LogP contribution >= 0.6 is 0 Å². The Kier molecular flexibility index (Phi) is 11.9. The Balaban J connectivity index is 0.000000477. The second-order valence-corrected chi connectivity index (χ2v) is 9.37. The van der Waals surface area contributed by atoms with Crippen LogP contribution in [0.3, 0.4) is 0 Å². The summed E-state index contributed by atoms with van der Waals surface area (Å²) < 4.78 is 105. The van der Waals surface area contributed by atoms with Crippen molar-refractivity contribution in [2.75, 3.05) is 17.2 Å². The molecule has 0 saturated heterocycles. The van der Waals surface area contributed by atoms with Gasteiger partial charge in [-0.2, -0.15) is 39.5 Å². The number of alkyl halides is 9. The summed E-state index contributed by atoms with van der Waals surface area (Å²) in [5, 5.41) is 9.32. The molecule has 3 N–H and O–H groups in total. The molecule has 0 aliphatic rings. The van der Waals surface area contributed by atoms with E-state index < -0.39 is 35.7 Å². The zero-order valence-electron chi connectivity index (χ0n) is 22.9. The lowest BCUT2D eigenvalue weighted by Gasteiger charge is -2.24. The summed E-state index contributed by atoms with van der Waals surface area (Å²) in [5.74, 6) is -6.89. The van der Waals surface area contributed by atoms with Gasteiger partial charge < -0.3 is 16.0 Å². The van der Waals surface area contributed by atoms with Crippen LogP contribution in [0.5, 0.6) is 0 Å². The maximum Gasteiger partial charge on any atom is 0.458 e. The van der Waals surface area contributed by atoms with E-state index in [-0.39, 0.29) is 17.9 Å². The third kappa shape index (κ3) is 11.2. The predicted octanol–water partition coefficient (Wildman–Crippen LogP) is 6.96. The van der Waals surface area contributed by atoms with Gasteiger partial charge in [-0.25, -0.2) is 0 Å². The van der Waals surface area contributed by atoms with E-state index in [0.717, 1.165) is 23.5 Å². The van der Waals surface area contributed by atoms with E-state index in [1.54, 1.807) is 24.5 Å². The van der Waals surface area contributed by atoms with Crippen molar-refractivity contribution in [2.45, 2.75) is 38.4 Å². The molecule has 7 nitrogen and oxygen atoms in total. The highest BCUT2D eigenvalue weighted by atomic mass is 19.4. The monoisotopic (exact) mass is 636 g/mol. The van der Waals surface area contributed by atoms with Crippen LogP contribution in [0.4, 0.5) is 56.6 Å². The van der Waals surface area contributed by atoms with Crippen molar-refractivity contribution in [3.8, 4) is 0 Å². The fourth-order valence-corrected chi connectivity index (χ4v) is 3.29. The second kappa shape index (κ2) is 14.7. The van der Waals surface area contributed by atoms with Crippen molar-refractivity contribution in [1.82, 2.24) is 10.3 Å². The van der Waals surface area contributed by atoms with Crippen LogP contribution in [0.2, 0.25) is 0 Å². The van der Waals surface area contributed by atoms with E-state index in [1.165, 1.54) is 12.1 Å². The number of ketones is 2. The molecule has 44 heavy (non-hydrogen) atoms. The van der Waals surface area contributed by atoms with Crippen LogP contribution in [0.1, 0.15) is 29.8 Å². The number of aromatic nitrogens is 1. The van der Waals surface area contributed by atoms with Crippen LogP contribution in [-0.4, -0.2) is 47.4 Å². The number of amides is 1. The summed E-state index contributed by atoms with van der Waals surface area (Å²) in [6.45, 7) is 4.29. The Morgan fingerprint density at radius 2 is 1.14 bits per heavy atom. The number of hydrogen-bond acceptors (Lipinski definition) is 6. The molecule has 0 saturated carbocycles. The minimum absolute atomic E-state index is 0.143. The molecule has 3 aromatic rings. The van der Waals surface area contributed by atoms with E-state index in [2.05, 4.69) is 20.9 Å². The van der Waals surface area contributed by atoms with Crippen molar-refractivity contribution < 1.29 is 53.9 Å². The topological polar surface area (TPSA) is 100 Å². The molecule has 1 aromatic heterocycles. The summed E-state index contributed by atoms with van der Waals surface area (Å²) in [6, 6.07) is 15.5. The highest BCUT2D eigenvalue weighted by Gasteiger charge is 2.54. The Morgan fingerprint density at radius 1 is 0.682 bits per heavy atom. The summed E-state index contributed by atoms with van der Waals surface area (Å²) in [5.41, 5.74) is 2.13. The molecule has 0 fully saturated rings. The molecule has 16 heteroatoms. The highest BCUT2D eigenvalue weighted by molar-refractivity contribution is 6.41. The van der Waals surface area contributed by atoms with Gasteiger partial charge in [-0.15, -0.1) is 0 Å². The number of halogens is 9. The van der Waals surface area contributed by atoms with Gasteiger partial charge in [0, 0.05) is 47.6 Å². The maximum absolute atomic E-state index is 12.7. The van der Waals surface area contributed by atoms with Crippen LogP contribution < -0.4 is 16.0 Å². The number of rotatable bonds is 9. The van der Waals surface area contributed by atoms with Gasteiger partial charge in [0.15, 0.2) is 0 Å². The molecule has 0 aliphatic carbocycles. The second-order valence-electron chi connectivity index (χ2n) is 9.37. The minimum Gasteiger partial charge on any atom is -0.380 e. The van der Waals surface area contributed by atoms with Crippen LogP contribution in [0.25, 0.3) is 0 Å². The first-order valence-electron chi connectivity index (χ1n) is 12.5. The first kappa shape index (κ1) is 35.6. The number of Topliss-reactive ketones (excluding diaryl/α,β-unsaturated/α-hetero) is 2. The molecular weight excluding hydrogens is 611 g/mol. The lowest BCUT2D eigenvalue weighted by atomic mass is 10.0. The van der Waals surface area contributed by atoms with Crippen molar-refractivity contribution in [3.05, 3.63) is 84.2 Å². The van der Waals surface area contributed by atoms with E-state index in [1.807, 2.05) is 38.1 Å². The van der Waals surface area contributed by atoms with Gasteiger partial charge in [-0.3, -0.25) is 19.4 Å². The molecule has 2 aromatic carbocycles. The summed E-state index contributed by atoms with van der Waals surface area (Å²) >= 11 is 0. The molecule has 0 spiro atoms. The third-order valence-corrected chi connectivity index (χ3v) is 5.69. The normalized spacial score (nSPS) is 12.5. The Hall–Kier alpha value is -4.63. The smallest absolute Gasteiger partial charge is 0.380 e. The van der Waals surface area contributed by atoms with Crippen molar-refractivity contribution in [1.29, 1.82) is 0 Å². The Morgan fingerprint density at radius 3 is 1.57 bits per heavy atom. The average Bonchev–Trinajstić information content (AvgIpc) is 2.94. The fourth-order valence-electron chi connectivity index (χ4n) is 3.29. The number of carbonyl (C=O) groups excluding carboxylic acids is 3. The van der Waals surface area contributed by atoms with E-state index in [0.29, 0.717) is 17.8 Å². The van der Waals surface area contributed by atoms with E-state index >= 15 is 0 Å². The lowest BCUT2D eigenvalue weighted by molar-refractivity contribution is -0.193. The standard InChI is InChI=1S/C24H25F3N4O.C4F6O2/c1-16(2)22(31-20-9-5-18(6-10-20)24(25,26)27)15-29-23(32)17-3-7-19(8-4-17)30-21-11-13-28-14-12-21;5-3(6,7)1(11)2(12)4(8,9)10/h3-14,16,22,31H,15H2,1-2H3,(H,28,30)(H,29,32);/t22-;/m0./s1. The number of hydrogen-bond donors (Lipinski definition) is 3. The number of nitrogens with zero attached hydrogens (tertiary/aromatic N) is 1. The fraction of sp³-hybridized carbons (Fsp3) is 0.286. The van der Waals surface area contributed by atoms with Gasteiger partial charge in [-0.1, -0.05) is 13.8 Å². The molecule has 0 radical (unpaired) electrons. The van der Waals surface area contributed by atoms with E-state index in [9.17, 15) is 53.9 Å². The first-order valence-corrected chi connectivity index (χ1v) is 12.5. The number of anilines is 3. The van der Waals surface area contributed by atoms with Crippen molar-refractivity contribution >= 4 is 34.5 Å². The minimum atomic E-state index is -5.77. The van der Waals surface area contributed by atoms with Gasteiger partial charge in [0.2, 0.25) is 0 Å². The summed E-state index contributed by atoms with van der Waals surface area (Å²) in [4.78, 5) is 35.8. The largest absolute Gasteiger partial charge is 0.458 e. The zero-order chi connectivity index (χ0) is 33.3. The Bertz CT molecular complexity index is 1370. The molecule has 238 valence electrons. The van der Waals surface area contributed by atoms with Gasteiger partial charge in [0.05, 0.1) is 5.56 Å². The zero-order valence-corrected chi connectivity index (χ0v) is 22.9. The lowest BCUT2D eigenvalue weighted by Crippen LogP contribution is -2.39. The molecule has 1 heterocycles. The number of carbonyl (C=O) groups is 3. The highest BCUT2D eigenvalue weighted by Crippen LogP contribution is 2.30. The van der Waals surface area contributed by atoms with Crippen molar-refractivity contribution in [2.24, 2.45) is 5.92 Å². The molecule has 0 unspecified atom stereocenters. The maximum atomic E-state index is 12.7. The summed E-state index contributed by atoms with van der Waals surface area (Å²) in [7, 11) is 0. The van der Waals surface area contributed by atoms with Crippen LogP contribution in [0, 0.1) is 5.92 Å². The van der Waals surface area contributed by atoms with Gasteiger partial charge in [0.1, 0.15) is 0 Å². The number of benzene rings is 2. The van der Waals surface area contributed by atoms with Crippen molar-refractivity contribution in [3.63, 3.8) is 0 Å². The third-order valence-electron chi connectivity index (χ3n) is 5.69. The molecule has 0 bridgehead atoms. The SMILES string of the molecule is CC(C)[C@H](CNC(=O)c1ccc(Nc2ccncc2)cc1)Nc1ccc(C(F)(F)F)cc1.O=C(C(=O)C(F)(F)F)C(F)(F)F. The van der Waals surface area contributed by atoms with Crippen LogP contribution in [-0.2, 0) is 15.8 Å². The van der Waals surface area contributed by atoms with Gasteiger partial charge >= 0.3 is 30.1 Å². The quantitative estimate of drug-likeness (QED) is 0.174. The predicted molar refractivity (Wildman–Crippen MR) is 142 cm³/mol. The molecule has 1 atom stereocenters. The molecular formula is C28H25F9N4O3. The number of nitrogens with one attached hydrogen (secondary N) is 3. The average molecular weight is 637 g/mol. The van der Waals surface area contributed by atoms with Gasteiger partial charge in [-0.05, 0) is 66.6 Å². The van der Waals surface area contributed by atoms with Gasteiger partial charge in [0.25, 0.3) is 5.91 Å². The Labute approximate surface area is 244 Å². The van der Waals surface area contributed by atoms with Crippen LogP contribution in [0.15, 0.2) is 73.1 Å². The van der Waals surface area contributed by atoms with E-state index in [4.69, 9.17) is 0 Å². The first-order chi connectivity index (χ1) is 20.3.